The minimum Gasteiger partial charge on any atom is -0.370 e. The first-order valence-corrected chi connectivity index (χ1v) is 7.49. The van der Waals surface area contributed by atoms with Crippen LogP contribution in [0.3, 0.4) is 0 Å². The Labute approximate surface area is 111 Å². The van der Waals surface area contributed by atoms with Gasteiger partial charge in [0.05, 0.1) is 0 Å². The van der Waals surface area contributed by atoms with Crippen LogP contribution in [-0.2, 0) is 0 Å². The molecule has 0 spiro atoms. The molecule has 0 aromatic carbocycles. The van der Waals surface area contributed by atoms with Crippen LogP contribution in [0.4, 0.5) is 0 Å². The number of piperidine rings is 1. The van der Waals surface area contributed by atoms with Gasteiger partial charge in [-0.15, -0.1) is 0 Å². The summed E-state index contributed by atoms with van der Waals surface area (Å²) in [6.07, 6.45) is 9.02. The topological polar surface area (TPSA) is 53.6 Å². The normalized spacial score (nSPS) is 24.6. The predicted molar refractivity (Wildman–Crippen MR) is 76.7 cm³/mol. The lowest BCUT2D eigenvalue weighted by molar-refractivity contribution is 0.214. The van der Waals surface area contributed by atoms with Gasteiger partial charge in [-0.3, -0.25) is 4.99 Å². The number of nitrogens with zero attached hydrogens (tertiary/aromatic N) is 2. The second-order valence-electron chi connectivity index (χ2n) is 5.93. The lowest BCUT2D eigenvalue weighted by Crippen LogP contribution is -2.38. The lowest BCUT2D eigenvalue weighted by atomic mass is 9.94. The lowest BCUT2D eigenvalue weighted by Gasteiger charge is -2.28. The molecule has 1 aliphatic carbocycles. The Hall–Kier alpha value is -0.770. The highest BCUT2D eigenvalue weighted by Crippen LogP contribution is 2.19. The van der Waals surface area contributed by atoms with Gasteiger partial charge in [0.2, 0.25) is 0 Å². The number of hydrogen-bond acceptors (Lipinski definition) is 2. The largest absolute Gasteiger partial charge is 0.370 e. The van der Waals surface area contributed by atoms with Crippen molar-refractivity contribution in [3.05, 3.63) is 0 Å². The highest BCUT2D eigenvalue weighted by Gasteiger charge is 2.17. The maximum absolute atomic E-state index is 5.92. The molecule has 4 heteroatoms. The van der Waals surface area contributed by atoms with Crippen molar-refractivity contribution in [3.63, 3.8) is 0 Å². The number of hydrogen-bond donors (Lipinski definition) is 2. The summed E-state index contributed by atoms with van der Waals surface area (Å²) < 4.78 is 0. The molecule has 104 valence electrons. The van der Waals surface area contributed by atoms with Crippen molar-refractivity contribution in [2.45, 2.75) is 51.0 Å². The van der Waals surface area contributed by atoms with E-state index in [0.717, 1.165) is 12.5 Å². The molecule has 18 heavy (non-hydrogen) atoms. The predicted octanol–water partition coefficient (Wildman–Crippen LogP) is 1.57. The van der Waals surface area contributed by atoms with Crippen molar-refractivity contribution in [1.29, 1.82) is 0 Å². The Morgan fingerprint density at radius 3 is 2.56 bits per heavy atom. The SMILES string of the molecule is CN1CCC(CCN=C(N)NC2CCCC2)CC1. The van der Waals surface area contributed by atoms with Crippen LogP contribution >= 0.6 is 0 Å². The van der Waals surface area contributed by atoms with E-state index in [2.05, 4.69) is 22.3 Å². The van der Waals surface area contributed by atoms with Crippen LogP contribution in [0.15, 0.2) is 4.99 Å². The Morgan fingerprint density at radius 2 is 1.89 bits per heavy atom. The Bertz CT molecular complexity index is 263. The van der Waals surface area contributed by atoms with Crippen LogP contribution in [0.25, 0.3) is 0 Å². The van der Waals surface area contributed by atoms with Gasteiger partial charge in [0.1, 0.15) is 0 Å². The van der Waals surface area contributed by atoms with Gasteiger partial charge in [-0.2, -0.15) is 0 Å². The van der Waals surface area contributed by atoms with Gasteiger partial charge >= 0.3 is 0 Å². The summed E-state index contributed by atoms with van der Waals surface area (Å²) in [5.74, 6) is 1.51. The Balaban J connectivity index is 1.60. The summed E-state index contributed by atoms with van der Waals surface area (Å²) in [7, 11) is 2.21. The molecule has 0 atom stereocenters. The summed E-state index contributed by atoms with van der Waals surface area (Å²) in [6, 6.07) is 0.581. The van der Waals surface area contributed by atoms with Gasteiger partial charge in [-0.1, -0.05) is 12.8 Å². The number of likely N-dealkylation sites (tertiary alicyclic amines) is 1. The number of guanidine groups is 1. The minimum atomic E-state index is 0.581. The second-order valence-corrected chi connectivity index (χ2v) is 5.93. The van der Waals surface area contributed by atoms with Crippen molar-refractivity contribution in [1.82, 2.24) is 10.2 Å². The van der Waals surface area contributed by atoms with E-state index in [4.69, 9.17) is 5.73 Å². The van der Waals surface area contributed by atoms with E-state index >= 15 is 0 Å². The molecule has 2 rings (SSSR count). The number of nitrogens with one attached hydrogen (secondary N) is 1. The van der Waals surface area contributed by atoms with E-state index in [1.165, 1.54) is 58.0 Å². The van der Waals surface area contributed by atoms with Crippen molar-refractivity contribution in [3.8, 4) is 0 Å². The molecule has 1 aliphatic heterocycles. The van der Waals surface area contributed by atoms with Crippen LogP contribution < -0.4 is 11.1 Å². The van der Waals surface area contributed by atoms with E-state index in [1.54, 1.807) is 0 Å². The number of rotatable bonds is 4. The molecule has 1 heterocycles. The highest BCUT2D eigenvalue weighted by atomic mass is 15.1. The average Bonchev–Trinajstić information content (AvgIpc) is 2.84. The smallest absolute Gasteiger partial charge is 0.188 e. The third kappa shape index (κ3) is 4.48. The highest BCUT2D eigenvalue weighted by molar-refractivity contribution is 5.78. The van der Waals surface area contributed by atoms with E-state index < -0.39 is 0 Å². The van der Waals surface area contributed by atoms with E-state index in [0.29, 0.717) is 12.0 Å². The molecule has 2 fully saturated rings. The van der Waals surface area contributed by atoms with Crippen molar-refractivity contribution < 1.29 is 0 Å². The maximum atomic E-state index is 5.92. The van der Waals surface area contributed by atoms with E-state index in [1.807, 2.05) is 0 Å². The Morgan fingerprint density at radius 1 is 1.22 bits per heavy atom. The summed E-state index contributed by atoms with van der Waals surface area (Å²) in [5, 5.41) is 3.34. The first kappa shape index (κ1) is 13.7. The monoisotopic (exact) mass is 252 g/mol. The molecule has 4 nitrogen and oxygen atoms in total. The second kappa shape index (κ2) is 6.98. The molecule has 3 N–H and O–H groups in total. The molecule has 0 amide bonds. The van der Waals surface area contributed by atoms with Crippen LogP contribution in [0.1, 0.15) is 44.9 Å². The number of aliphatic imine (C=N–C) groups is 1. The first-order valence-electron chi connectivity index (χ1n) is 7.49. The fourth-order valence-electron chi connectivity index (χ4n) is 3.04. The fourth-order valence-corrected chi connectivity index (χ4v) is 3.04. The van der Waals surface area contributed by atoms with Crippen molar-refractivity contribution >= 4 is 5.96 Å². The maximum Gasteiger partial charge on any atom is 0.188 e. The van der Waals surface area contributed by atoms with Gasteiger partial charge in [0.15, 0.2) is 5.96 Å². The van der Waals surface area contributed by atoms with Crippen LogP contribution in [0.2, 0.25) is 0 Å². The van der Waals surface area contributed by atoms with Crippen LogP contribution in [0, 0.1) is 5.92 Å². The fraction of sp³-hybridized carbons (Fsp3) is 0.929. The standard InChI is InChI=1S/C14H28N4/c1-18-10-7-12(8-11-18)6-9-16-14(15)17-13-4-2-3-5-13/h12-13H,2-11H2,1H3,(H3,15,16,17). The van der Waals surface area contributed by atoms with Gasteiger partial charge in [-0.05, 0) is 58.2 Å². The zero-order valence-corrected chi connectivity index (χ0v) is 11.7. The van der Waals surface area contributed by atoms with Crippen LogP contribution in [-0.4, -0.2) is 43.6 Å². The molecule has 0 radical (unpaired) electrons. The molecule has 1 saturated carbocycles. The quantitative estimate of drug-likeness (QED) is 0.590. The van der Waals surface area contributed by atoms with E-state index in [-0.39, 0.29) is 0 Å². The summed E-state index contributed by atoms with van der Waals surface area (Å²) in [4.78, 5) is 6.88. The first-order chi connectivity index (χ1) is 8.74. The van der Waals surface area contributed by atoms with E-state index in [9.17, 15) is 0 Å². The van der Waals surface area contributed by atoms with Crippen LogP contribution in [0.5, 0.6) is 0 Å². The minimum absolute atomic E-state index is 0.581. The van der Waals surface area contributed by atoms with Gasteiger partial charge in [0.25, 0.3) is 0 Å². The van der Waals surface area contributed by atoms with Crippen molar-refractivity contribution in [2.24, 2.45) is 16.6 Å². The summed E-state index contributed by atoms with van der Waals surface area (Å²) >= 11 is 0. The van der Waals surface area contributed by atoms with Crippen molar-refractivity contribution in [2.75, 3.05) is 26.7 Å². The molecule has 2 aliphatic rings. The molecule has 0 unspecified atom stereocenters. The zero-order valence-electron chi connectivity index (χ0n) is 11.7. The molecular weight excluding hydrogens is 224 g/mol. The third-order valence-corrected chi connectivity index (χ3v) is 4.36. The molecular formula is C14H28N4. The Kier molecular flexibility index (Phi) is 5.29. The molecule has 0 aromatic rings. The van der Waals surface area contributed by atoms with Gasteiger partial charge in [0, 0.05) is 12.6 Å². The van der Waals surface area contributed by atoms with Gasteiger partial charge < -0.3 is 16.0 Å². The summed E-state index contributed by atoms with van der Waals surface area (Å²) in [6.45, 7) is 3.37. The van der Waals surface area contributed by atoms with Gasteiger partial charge in [-0.25, -0.2) is 0 Å². The summed E-state index contributed by atoms with van der Waals surface area (Å²) in [5.41, 5.74) is 5.92. The number of nitrogens with two attached hydrogens (primary N) is 1. The average molecular weight is 252 g/mol. The molecule has 1 saturated heterocycles. The zero-order chi connectivity index (χ0) is 12.8. The molecule has 0 aromatic heterocycles. The molecule has 0 bridgehead atoms. The third-order valence-electron chi connectivity index (χ3n) is 4.36.